The van der Waals surface area contributed by atoms with Crippen molar-refractivity contribution >= 4 is 21.6 Å². The zero-order chi connectivity index (χ0) is 15.0. The number of fused-ring (bicyclic) bond motifs is 1. The Morgan fingerprint density at radius 1 is 1.33 bits per heavy atom. The second kappa shape index (κ2) is 5.01. The smallest absolute Gasteiger partial charge is 0.240 e. The summed E-state index contributed by atoms with van der Waals surface area (Å²) >= 11 is 0. The molecule has 0 radical (unpaired) electrons. The molecule has 2 aromatic rings. The molecule has 7 heteroatoms. The van der Waals surface area contributed by atoms with Crippen molar-refractivity contribution in [3.8, 4) is 0 Å². The van der Waals surface area contributed by atoms with E-state index in [0.29, 0.717) is 17.0 Å². The highest BCUT2D eigenvalue weighted by atomic mass is 32.2. The minimum atomic E-state index is -3.65. The molecule has 110 valence electrons. The lowest BCUT2D eigenvalue weighted by Crippen LogP contribution is -2.23. The Kier molecular flexibility index (Phi) is 3.30. The molecule has 1 atom stereocenters. The summed E-state index contributed by atoms with van der Waals surface area (Å²) in [5.41, 5.74) is 1.36. The maximum atomic E-state index is 12.3. The molecule has 21 heavy (non-hydrogen) atoms. The normalized spacial score (nSPS) is 17.6. The minimum absolute atomic E-state index is 0.0825. The fraction of sp³-hybridized carbons (Fsp3) is 0.214. The molecular formula is C14H14N2O4S. The number of carbonyl (C=O) groups excluding carboxylic acids is 1. The molecule has 0 saturated heterocycles. The number of anilines is 1. The molecule has 1 aromatic heterocycles. The van der Waals surface area contributed by atoms with Crippen molar-refractivity contribution in [2.75, 3.05) is 5.32 Å². The highest BCUT2D eigenvalue weighted by molar-refractivity contribution is 7.89. The van der Waals surface area contributed by atoms with E-state index in [0.717, 1.165) is 0 Å². The van der Waals surface area contributed by atoms with Gasteiger partial charge in [0.15, 0.2) is 0 Å². The molecule has 0 saturated carbocycles. The van der Waals surface area contributed by atoms with Crippen LogP contribution in [-0.2, 0) is 21.4 Å². The first kappa shape index (κ1) is 13.8. The van der Waals surface area contributed by atoms with Gasteiger partial charge in [-0.1, -0.05) is 0 Å². The number of amides is 1. The van der Waals surface area contributed by atoms with Gasteiger partial charge in [0.05, 0.1) is 23.6 Å². The van der Waals surface area contributed by atoms with E-state index in [-0.39, 0.29) is 23.3 Å². The lowest BCUT2D eigenvalue weighted by atomic mass is 10.0. The molecule has 0 bridgehead atoms. The van der Waals surface area contributed by atoms with Gasteiger partial charge < -0.3 is 9.73 Å². The SMILES string of the molecule is C[C@H]1C(=O)Nc2ccc(S(=O)(=O)NCc3ccco3)cc21. The molecular weight excluding hydrogens is 292 g/mol. The third-order valence-corrected chi connectivity index (χ3v) is 4.87. The van der Waals surface area contributed by atoms with Crippen LogP contribution in [-0.4, -0.2) is 14.3 Å². The maximum absolute atomic E-state index is 12.3. The van der Waals surface area contributed by atoms with Crippen molar-refractivity contribution in [2.24, 2.45) is 0 Å². The average molecular weight is 306 g/mol. The van der Waals surface area contributed by atoms with Crippen molar-refractivity contribution in [2.45, 2.75) is 24.3 Å². The van der Waals surface area contributed by atoms with Crippen LogP contribution in [0.4, 0.5) is 5.69 Å². The molecule has 3 rings (SSSR count). The topological polar surface area (TPSA) is 88.4 Å². The first-order valence-electron chi connectivity index (χ1n) is 6.44. The van der Waals surface area contributed by atoms with Crippen LogP contribution >= 0.6 is 0 Å². The summed E-state index contributed by atoms with van der Waals surface area (Å²) < 4.78 is 32.1. The summed E-state index contributed by atoms with van der Waals surface area (Å²) in [6, 6.07) is 8.00. The fourth-order valence-corrected chi connectivity index (χ4v) is 3.25. The number of nitrogens with one attached hydrogen (secondary N) is 2. The Bertz CT molecular complexity index is 781. The summed E-state index contributed by atoms with van der Waals surface area (Å²) in [4.78, 5) is 11.7. The molecule has 2 heterocycles. The highest BCUT2D eigenvalue weighted by Crippen LogP contribution is 2.33. The van der Waals surface area contributed by atoms with Crippen LogP contribution in [0.2, 0.25) is 0 Å². The van der Waals surface area contributed by atoms with Gasteiger partial charge in [-0.3, -0.25) is 4.79 Å². The maximum Gasteiger partial charge on any atom is 0.240 e. The number of rotatable bonds is 4. The average Bonchev–Trinajstić information content (AvgIpc) is 3.06. The molecule has 1 aliphatic rings. The number of hydrogen-bond acceptors (Lipinski definition) is 4. The zero-order valence-electron chi connectivity index (χ0n) is 11.3. The first-order valence-corrected chi connectivity index (χ1v) is 7.92. The summed E-state index contributed by atoms with van der Waals surface area (Å²) in [6.45, 7) is 1.83. The standard InChI is InChI=1S/C14H14N2O4S/c1-9-12-7-11(4-5-13(12)16-14(9)17)21(18,19)15-8-10-3-2-6-20-10/h2-7,9,15H,8H2,1H3,(H,16,17)/t9-/m1/s1. The Morgan fingerprint density at radius 2 is 2.14 bits per heavy atom. The molecule has 0 spiro atoms. The van der Waals surface area contributed by atoms with Crippen LogP contribution in [0, 0.1) is 0 Å². The van der Waals surface area contributed by atoms with Gasteiger partial charge in [0.1, 0.15) is 5.76 Å². The predicted molar refractivity (Wildman–Crippen MR) is 76.2 cm³/mol. The van der Waals surface area contributed by atoms with Crippen molar-refractivity contribution < 1.29 is 17.6 Å². The van der Waals surface area contributed by atoms with Gasteiger partial charge in [-0.2, -0.15) is 0 Å². The summed E-state index contributed by atoms with van der Waals surface area (Å²) in [5, 5.41) is 2.71. The van der Waals surface area contributed by atoms with E-state index in [1.54, 1.807) is 25.1 Å². The van der Waals surface area contributed by atoms with Crippen LogP contribution in [0.15, 0.2) is 45.9 Å². The monoisotopic (exact) mass is 306 g/mol. The molecule has 2 N–H and O–H groups in total. The Balaban J connectivity index is 1.85. The van der Waals surface area contributed by atoms with Crippen LogP contribution in [0.1, 0.15) is 24.2 Å². The molecule has 6 nitrogen and oxygen atoms in total. The Hall–Kier alpha value is -2.12. The summed E-state index contributed by atoms with van der Waals surface area (Å²) in [5.74, 6) is 0.0632. The highest BCUT2D eigenvalue weighted by Gasteiger charge is 2.28. The van der Waals surface area contributed by atoms with Crippen molar-refractivity contribution in [3.63, 3.8) is 0 Å². The van der Waals surface area contributed by atoms with Crippen molar-refractivity contribution in [3.05, 3.63) is 47.9 Å². The molecule has 0 fully saturated rings. The van der Waals surface area contributed by atoms with E-state index < -0.39 is 10.0 Å². The van der Waals surface area contributed by atoms with E-state index in [2.05, 4.69) is 10.0 Å². The third-order valence-electron chi connectivity index (χ3n) is 3.47. The van der Waals surface area contributed by atoms with Crippen LogP contribution in [0.5, 0.6) is 0 Å². The van der Waals surface area contributed by atoms with Gasteiger partial charge in [0.25, 0.3) is 0 Å². The lowest BCUT2D eigenvalue weighted by molar-refractivity contribution is -0.116. The van der Waals surface area contributed by atoms with Crippen molar-refractivity contribution in [1.82, 2.24) is 4.72 Å². The third kappa shape index (κ3) is 2.57. The van der Waals surface area contributed by atoms with Crippen LogP contribution < -0.4 is 10.0 Å². The van der Waals surface area contributed by atoms with E-state index in [4.69, 9.17) is 4.42 Å². The van der Waals surface area contributed by atoms with E-state index >= 15 is 0 Å². The number of furan rings is 1. The predicted octanol–water partition coefficient (Wildman–Crippen LogP) is 1.81. The van der Waals surface area contributed by atoms with Crippen LogP contribution in [0.25, 0.3) is 0 Å². The zero-order valence-corrected chi connectivity index (χ0v) is 12.1. The Labute approximate surface area is 122 Å². The van der Waals surface area contributed by atoms with E-state index in [1.165, 1.54) is 18.4 Å². The molecule has 1 amide bonds. The molecule has 1 aliphatic heterocycles. The molecule has 0 unspecified atom stereocenters. The summed E-state index contributed by atoms with van der Waals surface area (Å²) in [7, 11) is -3.65. The van der Waals surface area contributed by atoms with Gasteiger partial charge in [-0.15, -0.1) is 0 Å². The van der Waals surface area contributed by atoms with Gasteiger partial charge in [0.2, 0.25) is 15.9 Å². The van der Waals surface area contributed by atoms with Gasteiger partial charge in [-0.05, 0) is 42.8 Å². The largest absolute Gasteiger partial charge is 0.468 e. The molecule has 0 aliphatic carbocycles. The van der Waals surface area contributed by atoms with Gasteiger partial charge >= 0.3 is 0 Å². The lowest BCUT2D eigenvalue weighted by Gasteiger charge is -2.08. The number of carbonyl (C=O) groups is 1. The van der Waals surface area contributed by atoms with E-state index in [1.807, 2.05) is 0 Å². The minimum Gasteiger partial charge on any atom is -0.468 e. The summed E-state index contributed by atoms with van der Waals surface area (Å²) in [6.07, 6.45) is 1.48. The van der Waals surface area contributed by atoms with E-state index in [9.17, 15) is 13.2 Å². The quantitative estimate of drug-likeness (QED) is 0.901. The second-order valence-electron chi connectivity index (χ2n) is 4.86. The number of hydrogen-bond donors (Lipinski definition) is 2. The number of sulfonamides is 1. The van der Waals surface area contributed by atoms with Gasteiger partial charge in [-0.25, -0.2) is 13.1 Å². The second-order valence-corrected chi connectivity index (χ2v) is 6.63. The fourth-order valence-electron chi connectivity index (χ4n) is 2.22. The van der Waals surface area contributed by atoms with Gasteiger partial charge in [0, 0.05) is 5.69 Å². The first-order chi connectivity index (χ1) is 9.97. The molecule has 1 aromatic carbocycles. The Morgan fingerprint density at radius 3 is 2.86 bits per heavy atom. The van der Waals surface area contributed by atoms with Crippen LogP contribution in [0.3, 0.4) is 0 Å². The number of benzene rings is 1. The van der Waals surface area contributed by atoms with Crippen molar-refractivity contribution in [1.29, 1.82) is 0 Å².